The van der Waals surface area contributed by atoms with Gasteiger partial charge in [-0.1, -0.05) is 13.0 Å². The van der Waals surface area contributed by atoms with E-state index in [2.05, 4.69) is 6.92 Å². The van der Waals surface area contributed by atoms with Crippen molar-refractivity contribution in [3.63, 3.8) is 0 Å². The van der Waals surface area contributed by atoms with E-state index in [1.165, 1.54) is 12.1 Å². The van der Waals surface area contributed by atoms with Gasteiger partial charge in [0.25, 0.3) is 0 Å². The van der Waals surface area contributed by atoms with Gasteiger partial charge in [0.15, 0.2) is 0 Å². The van der Waals surface area contributed by atoms with Gasteiger partial charge in [-0.3, -0.25) is 0 Å². The lowest BCUT2D eigenvalue weighted by Gasteiger charge is -2.13. The number of halogens is 3. The smallest absolute Gasteiger partial charge is 0.416 e. The zero-order valence-corrected chi connectivity index (χ0v) is 10.5. The molecule has 0 N–H and O–H groups in total. The number of esters is 1. The van der Waals surface area contributed by atoms with Crippen molar-refractivity contribution in [2.75, 3.05) is 0 Å². The van der Waals surface area contributed by atoms with Crippen LogP contribution >= 0.6 is 0 Å². The third-order valence-corrected chi connectivity index (χ3v) is 3.35. The molecule has 0 aromatic heterocycles. The number of hydrogen-bond acceptors (Lipinski definition) is 2. The van der Waals surface area contributed by atoms with Crippen LogP contribution in [0.5, 0.6) is 0 Å². The normalized spacial score (nSPS) is 23.4. The van der Waals surface area contributed by atoms with E-state index in [0.717, 1.165) is 31.4 Å². The first-order valence-electron chi connectivity index (χ1n) is 6.24. The van der Waals surface area contributed by atoms with Crippen molar-refractivity contribution in [3.8, 4) is 0 Å². The number of rotatable bonds is 2. The first-order valence-corrected chi connectivity index (χ1v) is 6.24. The van der Waals surface area contributed by atoms with Crippen molar-refractivity contribution in [2.24, 2.45) is 5.92 Å². The van der Waals surface area contributed by atoms with Crippen LogP contribution in [0.15, 0.2) is 24.3 Å². The van der Waals surface area contributed by atoms with E-state index in [1.54, 1.807) is 0 Å². The van der Waals surface area contributed by atoms with Gasteiger partial charge in [-0.15, -0.1) is 0 Å². The molecule has 0 aliphatic heterocycles. The molecule has 2 nitrogen and oxygen atoms in total. The van der Waals surface area contributed by atoms with Crippen LogP contribution in [0.3, 0.4) is 0 Å². The number of benzene rings is 1. The minimum absolute atomic E-state index is 0.0469. The summed E-state index contributed by atoms with van der Waals surface area (Å²) in [5.41, 5.74) is -0.879. The molecule has 1 aliphatic rings. The predicted octanol–water partition coefficient (Wildman–Crippen LogP) is 4.05. The summed E-state index contributed by atoms with van der Waals surface area (Å²) in [5.74, 6) is -0.176. The molecule has 0 saturated heterocycles. The summed E-state index contributed by atoms with van der Waals surface area (Å²) in [4.78, 5) is 11.8. The maximum Gasteiger partial charge on any atom is 0.416 e. The van der Waals surface area contributed by atoms with Crippen molar-refractivity contribution >= 4 is 5.97 Å². The average molecular weight is 272 g/mol. The minimum atomic E-state index is -4.45. The van der Waals surface area contributed by atoms with Crippen molar-refractivity contribution in [3.05, 3.63) is 35.4 Å². The molecule has 0 heterocycles. The third kappa shape index (κ3) is 3.49. The van der Waals surface area contributed by atoms with Gasteiger partial charge in [0.2, 0.25) is 0 Å². The van der Waals surface area contributed by atoms with E-state index < -0.39 is 17.7 Å². The largest absolute Gasteiger partial charge is 0.459 e. The summed E-state index contributed by atoms with van der Waals surface area (Å²) in [5, 5.41) is 0. The Morgan fingerprint density at radius 2 is 2.05 bits per heavy atom. The molecule has 0 radical (unpaired) electrons. The number of carbonyl (C=O) groups is 1. The highest BCUT2D eigenvalue weighted by Gasteiger charge is 2.31. The standard InChI is InChI=1S/C14H15F3O2/c1-9-5-6-12(7-9)19-13(18)10-3-2-4-11(8-10)14(15,16)17/h2-4,8-9,12H,5-7H2,1H3. The zero-order valence-electron chi connectivity index (χ0n) is 10.5. The second kappa shape index (κ2) is 5.23. The lowest BCUT2D eigenvalue weighted by molar-refractivity contribution is -0.137. The topological polar surface area (TPSA) is 26.3 Å². The second-order valence-corrected chi connectivity index (χ2v) is 5.02. The van der Waals surface area contributed by atoms with E-state index >= 15 is 0 Å². The maximum atomic E-state index is 12.5. The van der Waals surface area contributed by atoms with Gasteiger partial charge in [0, 0.05) is 0 Å². The molecular weight excluding hydrogens is 257 g/mol. The van der Waals surface area contributed by atoms with E-state index in [-0.39, 0.29) is 11.7 Å². The first-order chi connectivity index (χ1) is 8.86. The molecule has 5 heteroatoms. The minimum Gasteiger partial charge on any atom is -0.459 e. The second-order valence-electron chi connectivity index (χ2n) is 5.02. The van der Waals surface area contributed by atoms with E-state index in [9.17, 15) is 18.0 Å². The van der Waals surface area contributed by atoms with Crippen LogP contribution in [0, 0.1) is 5.92 Å². The summed E-state index contributed by atoms with van der Waals surface area (Å²) >= 11 is 0. The molecule has 0 amide bonds. The molecule has 19 heavy (non-hydrogen) atoms. The average Bonchev–Trinajstić information content (AvgIpc) is 2.74. The Morgan fingerprint density at radius 3 is 2.63 bits per heavy atom. The van der Waals surface area contributed by atoms with E-state index in [0.29, 0.717) is 5.92 Å². The Kier molecular flexibility index (Phi) is 3.83. The van der Waals surface area contributed by atoms with Gasteiger partial charge in [0.1, 0.15) is 6.10 Å². The Morgan fingerprint density at radius 1 is 1.32 bits per heavy atom. The van der Waals surface area contributed by atoms with Gasteiger partial charge in [-0.2, -0.15) is 13.2 Å². The van der Waals surface area contributed by atoms with Gasteiger partial charge in [-0.25, -0.2) is 4.79 Å². The first kappa shape index (κ1) is 13.9. The van der Waals surface area contributed by atoms with Crippen LogP contribution in [-0.4, -0.2) is 12.1 Å². The fraction of sp³-hybridized carbons (Fsp3) is 0.500. The van der Waals surface area contributed by atoms with Crippen molar-refractivity contribution in [2.45, 2.75) is 38.5 Å². The summed E-state index contributed by atoms with van der Waals surface area (Å²) < 4.78 is 42.8. The predicted molar refractivity (Wildman–Crippen MR) is 63.7 cm³/mol. The van der Waals surface area contributed by atoms with E-state index in [1.807, 2.05) is 0 Å². The molecule has 1 aliphatic carbocycles. The Bertz CT molecular complexity index is 468. The van der Waals surface area contributed by atoms with Gasteiger partial charge >= 0.3 is 12.1 Å². The Labute approximate surface area is 109 Å². The van der Waals surface area contributed by atoms with Crippen LogP contribution in [0.2, 0.25) is 0 Å². The lowest BCUT2D eigenvalue weighted by Crippen LogP contribution is -2.16. The Balaban J connectivity index is 2.07. The number of hydrogen-bond donors (Lipinski definition) is 0. The van der Waals surface area contributed by atoms with Crippen LogP contribution < -0.4 is 0 Å². The highest BCUT2D eigenvalue weighted by Crippen LogP contribution is 2.31. The molecule has 104 valence electrons. The summed E-state index contributed by atoms with van der Waals surface area (Å²) in [6.07, 6.45) is -2.06. The Hall–Kier alpha value is -1.52. The molecule has 1 saturated carbocycles. The number of alkyl halides is 3. The highest BCUT2D eigenvalue weighted by atomic mass is 19.4. The molecule has 0 bridgehead atoms. The maximum absolute atomic E-state index is 12.5. The highest BCUT2D eigenvalue weighted by molar-refractivity contribution is 5.89. The van der Waals surface area contributed by atoms with Crippen LogP contribution in [0.25, 0.3) is 0 Å². The lowest BCUT2D eigenvalue weighted by atomic mass is 10.1. The molecule has 0 spiro atoms. The fourth-order valence-corrected chi connectivity index (χ4v) is 2.30. The van der Waals surface area contributed by atoms with E-state index in [4.69, 9.17) is 4.74 Å². The molecule has 2 atom stereocenters. The molecule has 2 unspecified atom stereocenters. The third-order valence-electron chi connectivity index (χ3n) is 3.35. The summed E-state index contributed by atoms with van der Waals surface area (Å²) in [6, 6.07) is 4.34. The summed E-state index contributed by atoms with van der Waals surface area (Å²) in [6.45, 7) is 2.07. The SMILES string of the molecule is CC1CCC(OC(=O)c2cccc(C(F)(F)F)c2)C1. The van der Waals surface area contributed by atoms with Gasteiger partial charge < -0.3 is 4.74 Å². The summed E-state index contributed by atoms with van der Waals surface area (Å²) in [7, 11) is 0. The molecule has 2 rings (SSSR count). The number of carbonyl (C=O) groups excluding carboxylic acids is 1. The van der Waals surface area contributed by atoms with Crippen molar-refractivity contribution in [1.82, 2.24) is 0 Å². The van der Waals surface area contributed by atoms with Gasteiger partial charge in [0.05, 0.1) is 11.1 Å². The zero-order chi connectivity index (χ0) is 14.0. The van der Waals surface area contributed by atoms with Crippen molar-refractivity contribution < 1.29 is 22.7 Å². The molecular formula is C14H15F3O2. The van der Waals surface area contributed by atoms with Crippen molar-refractivity contribution in [1.29, 1.82) is 0 Å². The molecule has 1 aromatic rings. The van der Waals surface area contributed by atoms with Crippen LogP contribution in [0.1, 0.15) is 42.1 Å². The number of ether oxygens (including phenoxy) is 1. The molecule has 1 aromatic carbocycles. The van der Waals surface area contributed by atoms with Crippen LogP contribution in [0.4, 0.5) is 13.2 Å². The molecule has 1 fully saturated rings. The quantitative estimate of drug-likeness (QED) is 0.759. The van der Waals surface area contributed by atoms with Gasteiger partial charge in [-0.05, 0) is 43.4 Å². The van der Waals surface area contributed by atoms with Crippen LogP contribution in [-0.2, 0) is 10.9 Å². The fourth-order valence-electron chi connectivity index (χ4n) is 2.30. The monoisotopic (exact) mass is 272 g/mol.